The molecule has 2 aromatic carbocycles. The number of carbonyl (C=O) groups excluding carboxylic acids is 1. The fourth-order valence-electron chi connectivity index (χ4n) is 1.88. The molecule has 0 aliphatic heterocycles. The molecule has 22 heavy (non-hydrogen) atoms. The van der Waals surface area contributed by atoms with Crippen LogP contribution < -0.4 is 10.1 Å². The largest absolute Gasteiger partial charge is 0.482 e. The van der Waals surface area contributed by atoms with Crippen LogP contribution >= 0.6 is 23.2 Å². The van der Waals surface area contributed by atoms with Crippen LogP contribution in [0.2, 0.25) is 10.0 Å². The van der Waals surface area contributed by atoms with Gasteiger partial charge in [-0.3, -0.25) is 4.79 Å². The SMILES string of the molecule is C[C@@H](NC(=O)COc1ccc(F)cc1Cl)c1cccc(Cl)c1. The van der Waals surface area contributed by atoms with E-state index in [9.17, 15) is 9.18 Å². The van der Waals surface area contributed by atoms with Gasteiger partial charge in [-0.1, -0.05) is 35.3 Å². The molecule has 0 saturated heterocycles. The molecule has 1 N–H and O–H groups in total. The minimum absolute atomic E-state index is 0.121. The lowest BCUT2D eigenvalue weighted by molar-refractivity contribution is -0.123. The van der Waals surface area contributed by atoms with Crippen LogP contribution in [0.5, 0.6) is 5.75 Å². The molecule has 2 aromatic rings. The van der Waals surface area contributed by atoms with Gasteiger partial charge in [0, 0.05) is 5.02 Å². The molecule has 0 radical (unpaired) electrons. The van der Waals surface area contributed by atoms with Crippen LogP contribution in [0.3, 0.4) is 0 Å². The van der Waals surface area contributed by atoms with Crippen molar-refractivity contribution in [2.45, 2.75) is 13.0 Å². The van der Waals surface area contributed by atoms with Gasteiger partial charge >= 0.3 is 0 Å². The van der Waals surface area contributed by atoms with Gasteiger partial charge < -0.3 is 10.1 Å². The first-order valence-electron chi connectivity index (χ1n) is 6.58. The first kappa shape index (κ1) is 16.6. The zero-order valence-corrected chi connectivity index (χ0v) is 13.3. The molecule has 0 heterocycles. The summed E-state index contributed by atoms with van der Waals surface area (Å²) in [5, 5.41) is 3.51. The predicted octanol–water partition coefficient (Wildman–Crippen LogP) is 4.39. The molecule has 1 atom stereocenters. The third-order valence-electron chi connectivity index (χ3n) is 2.98. The van der Waals surface area contributed by atoms with E-state index in [1.54, 1.807) is 12.1 Å². The van der Waals surface area contributed by atoms with Crippen LogP contribution in [0.1, 0.15) is 18.5 Å². The summed E-state index contributed by atoms with van der Waals surface area (Å²) in [7, 11) is 0. The summed E-state index contributed by atoms with van der Waals surface area (Å²) in [6.45, 7) is 1.63. The van der Waals surface area contributed by atoms with E-state index in [-0.39, 0.29) is 29.3 Å². The van der Waals surface area contributed by atoms with Gasteiger partial charge in [-0.05, 0) is 42.8 Å². The molecule has 0 aliphatic rings. The average molecular weight is 342 g/mol. The summed E-state index contributed by atoms with van der Waals surface area (Å²) in [6, 6.07) is 10.7. The molecule has 2 rings (SSSR count). The first-order chi connectivity index (χ1) is 10.5. The topological polar surface area (TPSA) is 38.3 Å². The highest BCUT2D eigenvalue weighted by Gasteiger charge is 2.11. The number of nitrogens with one attached hydrogen (secondary N) is 1. The molecule has 116 valence electrons. The molecule has 0 aromatic heterocycles. The Morgan fingerprint density at radius 2 is 2.05 bits per heavy atom. The maximum absolute atomic E-state index is 12.9. The minimum atomic E-state index is -0.462. The standard InChI is InChI=1S/C16H14Cl2FNO2/c1-10(11-3-2-4-12(17)7-11)20-16(21)9-22-15-6-5-13(19)8-14(15)18/h2-8,10H,9H2,1H3,(H,20,21)/t10-/m1/s1. The summed E-state index contributed by atoms with van der Waals surface area (Å²) in [5.41, 5.74) is 0.890. The molecular formula is C16H14Cl2FNO2. The van der Waals surface area contributed by atoms with Gasteiger partial charge in [0.05, 0.1) is 11.1 Å². The van der Waals surface area contributed by atoms with Crippen LogP contribution in [-0.4, -0.2) is 12.5 Å². The number of benzene rings is 2. The van der Waals surface area contributed by atoms with Crippen molar-refractivity contribution in [3.05, 3.63) is 63.9 Å². The Morgan fingerprint density at radius 3 is 2.73 bits per heavy atom. The highest BCUT2D eigenvalue weighted by Crippen LogP contribution is 2.24. The molecule has 6 heteroatoms. The summed E-state index contributed by atoms with van der Waals surface area (Å²) >= 11 is 11.7. The van der Waals surface area contributed by atoms with E-state index < -0.39 is 5.82 Å². The Balaban J connectivity index is 1.90. The molecular weight excluding hydrogens is 328 g/mol. The smallest absolute Gasteiger partial charge is 0.258 e. The Kier molecular flexibility index (Phi) is 5.63. The van der Waals surface area contributed by atoms with Gasteiger partial charge in [-0.15, -0.1) is 0 Å². The zero-order valence-electron chi connectivity index (χ0n) is 11.8. The van der Waals surface area contributed by atoms with Crippen molar-refractivity contribution >= 4 is 29.1 Å². The highest BCUT2D eigenvalue weighted by atomic mass is 35.5. The normalized spacial score (nSPS) is 11.8. The van der Waals surface area contributed by atoms with Crippen LogP contribution in [0.15, 0.2) is 42.5 Å². The van der Waals surface area contributed by atoms with E-state index in [1.807, 2.05) is 19.1 Å². The Labute approximate surface area is 138 Å². The van der Waals surface area contributed by atoms with E-state index in [4.69, 9.17) is 27.9 Å². The van der Waals surface area contributed by atoms with Gasteiger partial charge in [0.1, 0.15) is 11.6 Å². The van der Waals surface area contributed by atoms with Gasteiger partial charge in [-0.25, -0.2) is 4.39 Å². The van der Waals surface area contributed by atoms with Crippen LogP contribution in [-0.2, 0) is 4.79 Å². The van der Waals surface area contributed by atoms with E-state index in [0.717, 1.165) is 11.6 Å². The second-order valence-electron chi connectivity index (χ2n) is 4.71. The monoisotopic (exact) mass is 341 g/mol. The number of amides is 1. The molecule has 0 fully saturated rings. The Morgan fingerprint density at radius 1 is 1.27 bits per heavy atom. The molecule has 3 nitrogen and oxygen atoms in total. The molecule has 0 saturated carbocycles. The number of rotatable bonds is 5. The predicted molar refractivity (Wildman–Crippen MR) is 84.9 cm³/mol. The third kappa shape index (κ3) is 4.61. The number of hydrogen-bond donors (Lipinski definition) is 1. The molecule has 1 amide bonds. The zero-order chi connectivity index (χ0) is 16.1. The minimum Gasteiger partial charge on any atom is -0.482 e. The fourth-order valence-corrected chi connectivity index (χ4v) is 2.30. The summed E-state index contributed by atoms with van der Waals surface area (Å²) in [5.74, 6) is -0.516. The second-order valence-corrected chi connectivity index (χ2v) is 5.55. The van der Waals surface area contributed by atoms with Crippen molar-refractivity contribution in [2.24, 2.45) is 0 Å². The van der Waals surface area contributed by atoms with Gasteiger partial charge in [0.2, 0.25) is 0 Å². The van der Waals surface area contributed by atoms with E-state index in [0.29, 0.717) is 5.02 Å². The third-order valence-corrected chi connectivity index (χ3v) is 3.51. The van der Waals surface area contributed by atoms with Gasteiger partial charge in [0.25, 0.3) is 5.91 Å². The summed E-state index contributed by atoms with van der Waals surface area (Å²) in [4.78, 5) is 11.9. The van der Waals surface area contributed by atoms with Crippen molar-refractivity contribution in [1.29, 1.82) is 0 Å². The van der Waals surface area contributed by atoms with Crippen molar-refractivity contribution in [3.8, 4) is 5.75 Å². The lowest BCUT2D eigenvalue weighted by Gasteiger charge is -2.15. The van der Waals surface area contributed by atoms with Crippen molar-refractivity contribution in [2.75, 3.05) is 6.61 Å². The number of hydrogen-bond acceptors (Lipinski definition) is 2. The fraction of sp³-hybridized carbons (Fsp3) is 0.188. The van der Waals surface area contributed by atoms with Crippen molar-refractivity contribution in [3.63, 3.8) is 0 Å². The van der Waals surface area contributed by atoms with Crippen molar-refractivity contribution < 1.29 is 13.9 Å². The van der Waals surface area contributed by atoms with Gasteiger partial charge in [-0.2, -0.15) is 0 Å². The lowest BCUT2D eigenvalue weighted by atomic mass is 10.1. The Hall–Kier alpha value is -1.78. The maximum atomic E-state index is 12.9. The Bertz CT molecular complexity index is 679. The maximum Gasteiger partial charge on any atom is 0.258 e. The van der Waals surface area contributed by atoms with Gasteiger partial charge in [0.15, 0.2) is 6.61 Å². The highest BCUT2D eigenvalue weighted by molar-refractivity contribution is 6.32. The van der Waals surface area contributed by atoms with E-state index >= 15 is 0 Å². The average Bonchev–Trinajstić information content (AvgIpc) is 2.46. The molecule has 0 bridgehead atoms. The van der Waals surface area contributed by atoms with Crippen molar-refractivity contribution in [1.82, 2.24) is 5.32 Å². The van der Waals surface area contributed by atoms with E-state index in [1.165, 1.54) is 12.1 Å². The van der Waals surface area contributed by atoms with Crippen LogP contribution in [0, 0.1) is 5.82 Å². The molecule has 0 spiro atoms. The van der Waals surface area contributed by atoms with Crippen LogP contribution in [0.25, 0.3) is 0 Å². The number of carbonyl (C=O) groups is 1. The lowest BCUT2D eigenvalue weighted by Crippen LogP contribution is -2.31. The van der Waals surface area contributed by atoms with E-state index in [2.05, 4.69) is 5.32 Å². The number of ether oxygens (including phenoxy) is 1. The first-order valence-corrected chi connectivity index (χ1v) is 7.34. The summed E-state index contributed by atoms with van der Waals surface area (Å²) < 4.78 is 18.2. The molecule has 0 aliphatic carbocycles. The molecule has 0 unspecified atom stereocenters. The summed E-state index contributed by atoms with van der Waals surface area (Å²) in [6.07, 6.45) is 0. The number of halogens is 3. The quantitative estimate of drug-likeness (QED) is 0.875. The van der Waals surface area contributed by atoms with Crippen LogP contribution in [0.4, 0.5) is 4.39 Å². The second kappa shape index (κ2) is 7.47.